The summed E-state index contributed by atoms with van der Waals surface area (Å²) in [7, 11) is 0. The van der Waals surface area contributed by atoms with Crippen LogP contribution in [0.1, 0.15) is 65.2 Å². The third-order valence-corrected chi connectivity index (χ3v) is 6.25. The number of nitrogens with one attached hydrogen (secondary N) is 1. The van der Waals surface area contributed by atoms with Crippen LogP contribution in [0, 0.1) is 12.3 Å². The maximum Gasteiger partial charge on any atom is 0.250 e. The summed E-state index contributed by atoms with van der Waals surface area (Å²) in [5.41, 5.74) is 15.1. The van der Waals surface area contributed by atoms with Gasteiger partial charge in [0.1, 0.15) is 0 Å². The predicted octanol–water partition coefficient (Wildman–Crippen LogP) is 2.64. The van der Waals surface area contributed by atoms with Crippen LogP contribution in [0.3, 0.4) is 0 Å². The van der Waals surface area contributed by atoms with E-state index in [4.69, 9.17) is 25.7 Å². The summed E-state index contributed by atoms with van der Waals surface area (Å²) in [6, 6.07) is 5.38. The number of aryl methyl sites for hydroxylation is 1. The molecule has 0 fully saturated rings. The summed E-state index contributed by atoms with van der Waals surface area (Å²) >= 11 is 0. The second-order valence-electron chi connectivity index (χ2n) is 10.1. The first-order chi connectivity index (χ1) is 17.7. The molecule has 10 nitrogen and oxygen atoms in total. The average Bonchev–Trinajstić information content (AvgIpc) is 3.16. The van der Waals surface area contributed by atoms with Gasteiger partial charge in [-0.05, 0) is 56.3 Å². The predicted molar refractivity (Wildman–Crippen MR) is 142 cm³/mol. The van der Waals surface area contributed by atoms with E-state index in [0.717, 1.165) is 36.3 Å². The second-order valence-corrected chi connectivity index (χ2v) is 10.1. The molecule has 0 saturated carbocycles. The van der Waals surface area contributed by atoms with Crippen molar-refractivity contribution in [1.29, 1.82) is 0 Å². The Balaban J connectivity index is 1.53. The topological polar surface area (TPSA) is 144 Å². The van der Waals surface area contributed by atoms with Crippen LogP contribution in [0.15, 0.2) is 18.2 Å². The number of nitrogens with zero attached hydrogens (tertiary/aromatic N) is 2. The molecular weight excluding hydrogens is 474 g/mol. The minimum absolute atomic E-state index is 0.128. The standard InChI is InChI=1S/C27H41N5O5/c1-19-25-23(17-27(2,3)18-24(25)33)32(31-19)20-6-7-21(26(29)34)22(16-20)30-9-5-11-36-13-15-37-14-12-35-10-4-8-28/h6-7,16,30H,4-5,8-15,17-18,28H2,1-3H3,(H2,29,34). The Morgan fingerprint density at radius 2 is 1.70 bits per heavy atom. The number of anilines is 1. The molecule has 2 aromatic rings. The van der Waals surface area contributed by atoms with Gasteiger partial charge in [0, 0.05) is 31.9 Å². The fourth-order valence-electron chi connectivity index (χ4n) is 4.50. The Kier molecular flexibility index (Phi) is 10.6. The molecule has 0 bridgehead atoms. The molecule has 0 spiro atoms. The molecule has 10 heteroatoms. The first kappa shape index (κ1) is 28.8. The van der Waals surface area contributed by atoms with Crippen molar-refractivity contribution in [1.82, 2.24) is 9.78 Å². The van der Waals surface area contributed by atoms with Crippen molar-refractivity contribution >= 4 is 17.4 Å². The van der Waals surface area contributed by atoms with E-state index in [-0.39, 0.29) is 11.2 Å². The molecule has 0 radical (unpaired) electrons. The Bertz CT molecular complexity index is 1070. The van der Waals surface area contributed by atoms with Crippen molar-refractivity contribution in [3.8, 4) is 5.69 Å². The SMILES string of the molecule is Cc1nn(-c2ccc(C(N)=O)c(NCCCOCCOCCOCCCN)c2)c2c1C(=O)CC(C)(C)C2. The molecular formula is C27H41N5O5. The lowest BCUT2D eigenvalue weighted by Gasteiger charge is -2.29. The molecule has 5 N–H and O–H groups in total. The molecule has 0 saturated heterocycles. The number of ether oxygens (including phenoxy) is 3. The fourth-order valence-corrected chi connectivity index (χ4v) is 4.50. The highest BCUT2D eigenvalue weighted by Gasteiger charge is 2.35. The van der Waals surface area contributed by atoms with Crippen molar-refractivity contribution in [2.24, 2.45) is 16.9 Å². The van der Waals surface area contributed by atoms with Gasteiger partial charge in [-0.25, -0.2) is 4.68 Å². The van der Waals surface area contributed by atoms with Gasteiger partial charge in [-0.3, -0.25) is 9.59 Å². The van der Waals surface area contributed by atoms with E-state index in [0.29, 0.717) is 76.0 Å². The minimum atomic E-state index is -0.510. The third kappa shape index (κ3) is 8.10. The fraction of sp³-hybridized carbons (Fsp3) is 0.593. The van der Waals surface area contributed by atoms with Crippen LogP contribution in [-0.4, -0.2) is 74.2 Å². The molecule has 1 aliphatic carbocycles. The normalized spacial score (nSPS) is 14.5. The first-order valence-corrected chi connectivity index (χ1v) is 13.0. The maximum atomic E-state index is 12.8. The number of carbonyl (C=O) groups excluding carboxylic acids is 2. The lowest BCUT2D eigenvalue weighted by atomic mass is 9.75. The monoisotopic (exact) mass is 515 g/mol. The van der Waals surface area contributed by atoms with Crippen LogP contribution in [0.2, 0.25) is 0 Å². The number of benzene rings is 1. The number of ketones is 1. The Morgan fingerprint density at radius 3 is 2.35 bits per heavy atom. The zero-order chi connectivity index (χ0) is 26.8. The highest BCUT2D eigenvalue weighted by molar-refractivity contribution is 6.00. The van der Waals surface area contributed by atoms with E-state index < -0.39 is 5.91 Å². The van der Waals surface area contributed by atoms with Crippen LogP contribution >= 0.6 is 0 Å². The number of hydrogen-bond donors (Lipinski definition) is 3. The maximum absolute atomic E-state index is 12.8. The molecule has 1 aliphatic rings. The molecule has 1 aromatic carbocycles. The van der Waals surface area contributed by atoms with Crippen LogP contribution in [0.25, 0.3) is 5.69 Å². The number of primary amides is 1. The first-order valence-electron chi connectivity index (χ1n) is 13.0. The molecule has 37 heavy (non-hydrogen) atoms. The Labute approximate surface area is 219 Å². The Hall–Kier alpha value is -2.79. The van der Waals surface area contributed by atoms with Crippen LogP contribution in [0.4, 0.5) is 5.69 Å². The van der Waals surface area contributed by atoms with Crippen molar-refractivity contribution in [3.63, 3.8) is 0 Å². The number of carbonyl (C=O) groups is 2. The van der Waals surface area contributed by atoms with Gasteiger partial charge in [0.05, 0.1) is 54.6 Å². The number of aromatic nitrogens is 2. The van der Waals surface area contributed by atoms with E-state index in [2.05, 4.69) is 24.3 Å². The van der Waals surface area contributed by atoms with E-state index >= 15 is 0 Å². The van der Waals surface area contributed by atoms with Crippen molar-refractivity contribution in [3.05, 3.63) is 40.7 Å². The van der Waals surface area contributed by atoms with E-state index in [1.807, 2.05) is 23.7 Å². The molecule has 0 atom stereocenters. The molecule has 3 rings (SSSR count). The minimum Gasteiger partial charge on any atom is -0.384 e. The van der Waals surface area contributed by atoms with Crippen molar-refractivity contribution < 1.29 is 23.8 Å². The van der Waals surface area contributed by atoms with Gasteiger partial charge in [-0.1, -0.05) is 13.8 Å². The summed E-state index contributed by atoms with van der Waals surface area (Å²) in [6.45, 7) is 10.6. The molecule has 1 aromatic heterocycles. The number of amides is 1. The lowest BCUT2D eigenvalue weighted by molar-refractivity contribution is 0.0144. The highest BCUT2D eigenvalue weighted by Crippen LogP contribution is 2.37. The van der Waals surface area contributed by atoms with E-state index in [1.54, 1.807) is 6.07 Å². The average molecular weight is 516 g/mol. The van der Waals surface area contributed by atoms with Gasteiger partial charge in [-0.15, -0.1) is 0 Å². The summed E-state index contributed by atoms with van der Waals surface area (Å²) in [5, 5.41) is 7.98. The van der Waals surface area contributed by atoms with E-state index in [1.165, 1.54) is 0 Å². The molecule has 1 amide bonds. The van der Waals surface area contributed by atoms with Gasteiger partial charge in [0.15, 0.2) is 5.78 Å². The number of rotatable bonds is 16. The number of Topliss-reactive ketones (excluding diaryl/α,β-unsaturated/α-hetero) is 1. The largest absolute Gasteiger partial charge is 0.384 e. The van der Waals surface area contributed by atoms with Crippen molar-refractivity contribution in [2.75, 3.05) is 58.0 Å². The van der Waals surface area contributed by atoms with Gasteiger partial charge in [0.2, 0.25) is 0 Å². The quantitative estimate of drug-likeness (QED) is 0.290. The highest BCUT2D eigenvalue weighted by atomic mass is 16.5. The summed E-state index contributed by atoms with van der Waals surface area (Å²) in [6.07, 6.45) is 2.85. The summed E-state index contributed by atoms with van der Waals surface area (Å²) in [5.74, 6) is -0.382. The molecule has 0 unspecified atom stereocenters. The molecule has 204 valence electrons. The van der Waals surface area contributed by atoms with Crippen LogP contribution in [0.5, 0.6) is 0 Å². The van der Waals surface area contributed by atoms with Gasteiger partial charge < -0.3 is 31.0 Å². The summed E-state index contributed by atoms with van der Waals surface area (Å²) < 4.78 is 18.3. The number of hydrogen-bond acceptors (Lipinski definition) is 8. The van der Waals surface area contributed by atoms with Crippen molar-refractivity contribution in [2.45, 2.75) is 46.5 Å². The van der Waals surface area contributed by atoms with Gasteiger partial charge in [0.25, 0.3) is 5.91 Å². The van der Waals surface area contributed by atoms with Gasteiger partial charge >= 0.3 is 0 Å². The van der Waals surface area contributed by atoms with Crippen LogP contribution < -0.4 is 16.8 Å². The zero-order valence-corrected chi connectivity index (χ0v) is 22.3. The summed E-state index contributed by atoms with van der Waals surface area (Å²) in [4.78, 5) is 24.8. The lowest BCUT2D eigenvalue weighted by Crippen LogP contribution is -2.28. The number of nitrogens with two attached hydrogens (primary N) is 2. The zero-order valence-electron chi connectivity index (χ0n) is 22.3. The van der Waals surface area contributed by atoms with E-state index in [9.17, 15) is 9.59 Å². The van der Waals surface area contributed by atoms with Gasteiger partial charge in [-0.2, -0.15) is 5.10 Å². The second kappa shape index (κ2) is 13.7. The molecule has 0 aliphatic heterocycles. The Morgan fingerprint density at radius 1 is 1.05 bits per heavy atom. The molecule has 1 heterocycles. The van der Waals surface area contributed by atoms with Crippen LogP contribution in [-0.2, 0) is 20.6 Å². The third-order valence-electron chi connectivity index (χ3n) is 6.25. The number of fused-ring (bicyclic) bond motifs is 1. The smallest absolute Gasteiger partial charge is 0.250 e.